The number of aryl methyl sites for hydroxylation is 2. The maximum Gasteiger partial charge on any atom is 0.330 e. The molecule has 0 unspecified atom stereocenters. The van der Waals surface area contributed by atoms with Crippen LogP contribution in [-0.2, 0) is 28.4 Å². The summed E-state index contributed by atoms with van der Waals surface area (Å²) in [5.41, 5.74) is 4.13. The van der Waals surface area contributed by atoms with Crippen molar-refractivity contribution in [3.63, 3.8) is 0 Å². The van der Waals surface area contributed by atoms with Crippen LogP contribution in [0.3, 0.4) is 0 Å². The van der Waals surface area contributed by atoms with E-state index in [4.69, 9.17) is 0 Å². The highest BCUT2D eigenvalue weighted by molar-refractivity contribution is 7.90. The molecule has 0 aliphatic heterocycles. The Morgan fingerprint density at radius 1 is 1.14 bits per heavy atom. The number of amides is 1. The number of carbonyl (C=O) groups excluding carboxylic acids is 1. The molecule has 0 spiro atoms. The molecule has 10 heteroatoms. The Bertz CT molecular complexity index is 1560. The van der Waals surface area contributed by atoms with Gasteiger partial charge in [0.15, 0.2) is 5.65 Å². The summed E-state index contributed by atoms with van der Waals surface area (Å²) in [7, 11) is -1.70. The fourth-order valence-corrected chi connectivity index (χ4v) is 5.34. The van der Waals surface area contributed by atoms with Gasteiger partial charge in [0.25, 0.3) is 0 Å². The number of aromatic nitrogens is 4. The topological polar surface area (TPSA) is 108 Å². The minimum Gasteiger partial charge on any atom is -0.350 e. The van der Waals surface area contributed by atoms with Crippen LogP contribution in [0.1, 0.15) is 50.3 Å². The Labute approximate surface area is 204 Å². The lowest BCUT2D eigenvalue weighted by atomic mass is 10.1. The van der Waals surface area contributed by atoms with Gasteiger partial charge < -0.3 is 4.57 Å². The van der Waals surface area contributed by atoms with Crippen molar-refractivity contribution in [1.29, 1.82) is 0 Å². The number of hydrogen-bond acceptors (Lipinski definition) is 5. The van der Waals surface area contributed by atoms with Crippen molar-refractivity contribution in [2.24, 2.45) is 7.05 Å². The molecule has 9 nitrogen and oxygen atoms in total. The number of pyridine rings is 1. The second-order valence-electron chi connectivity index (χ2n) is 8.89. The number of sulfonamides is 1. The van der Waals surface area contributed by atoms with Crippen LogP contribution in [0.25, 0.3) is 22.1 Å². The van der Waals surface area contributed by atoms with Crippen LogP contribution < -0.4 is 10.4 Å². The van der Waals surface area contributed by atoms with E-state index in [2.05, 4.69) is 33.3 Å². The first-order valence-corrected chi connectivity index (χ1v) is 13.4. The highest BCUT2D eigenvalue weighted by Gasteiger charge is 2.25. The summed E-state index contributed by atoms with van der Waals surface area (Å²) in [5, 5.41) is 1.11. The molecule has 0 aliphatic rings. The third-order valence-electron chi connectivity index (χ3n) is 6.41. The van der Waals surface area contributed by atoms with Crippen molar-refractivity contribution in [2.45, 2.75) is 52.6 Å². The third kappa shape index (κ3) is 4.75. The van der Waals surface area contributed by atoms with Gasteiger partial charge in [0.1, 0.15) is 0 Å². The van der Waals surface area contributed by atoms with Crippen LogP contribution >= 0.6 is 0 Å². The average Bonchev–Trinajstić information content (AvgIpc) is 3.28. The number of nitrogens with zero attached hydrogens (tertiary/aromatic N) is 4. The van der Waals surface area contributed by atoms with Gasteiger partial charge in [-0.25, -0.2) is 18.2 Å². The van der Waals surface area contributed by atoms with Crippen LogP contribution in [0.15, 0.2) is 47.5 Å². The number of nitrogens with one attached hydrogen (secondary N) is 1. The number of hydrogen-bond donors (Lipinski definition) is 1. The molecule has 3 heterocycles. The fourth-order valence-electron chi connectivity index (χ4n) is 4.77. The molecule has 4 rings (SSSR count). The van der Waals surface area contributed by atoms with E-state index < -0.39 is 22.0 Å². The minimum absolute atomic E-state index is 0.129. The van der Waals surface area contributed by atoms with Crippen molar-refractivity contribution >= 4 is 38.0 Å². The summed E-state index contributed by atoms with van der Waals surface area (Å²) in [6.45, 7) is 5.84. The Morgan fingerprint density at radius 3 is 2.60 bits per heavy atom. The van der Waals surface area contributed by atoms with Crippen molar-refractivity contribution in [2.75, 3.05) is 5.75 Å². The molecule has 1 amide bonds. The minimum atomic E-state index is -3.68. The van der Waals surface area contributed by atoms with E-state index >= 15 is 0 Å². The van der Waals surface area contributed by atoms with Gasteiger partial charge >= 0.3 is 5.69 Å². The van der Waals surface area contributed by atoms with Gasteiger partial charge in [0, 0.05) is 42.8 Å². The van der Waals surface area contributed by atoms with E-state index in [9.17, 15) is 18.0 Å². The van der Waals surface area contributed by atoms with Crippen LogP contribution in [-0.4, -0.2) is 38.8 Å². The van der Waals surface area contributed by atoms with Crippen LogP contribution in [0.2, 0.25) is 0 Å². The molecule has 0 saturated carbocycles. The molecule has 0 saturated heterocycles. The highest BCUT2D eigenvalue weighted by atomic mass is 32.2. The lowest BCUT2D eigenvalue weighted by Crippen LogP contribution is -2.35. The van der Waals surface area contributed by atoms with Crippen molar-refractivity contribution < 1.29 is 13.2 Å². The Hall–Kier alpha value is -3.40. The van der Waals surface area contributed by atoms with E-state index in [1.54, 1.807) is 21.4 Å². The monoisotopic (exact) mass is 497 g/mol. The molecule has 1 aromatic carbocycles. The first kappa shape index (κ1) is 24.7. The molecule has 186 valence electrons. The standard InChI is InChI=1S/C25H31N5O4S/c1-5-9-19(14-22(31)27-35(33,34)6-2)30-24-21(12-8-13-26-24)29(25(30)32)16-18-15-28(4)20-11-7-10-17(3)23(18)20/h7-8,10-13,15,19H,5-6,9,14,16H2,1-4H3,(H,27,31)/t19-/m0/s1. The second-order valence-corrected chi connectivity index (χ2v) is 10.9. The predicted octanol–water partition coefficient (Wildman–Crippen LogP) is 3.24. The first-order valence-electron chi connectivity index (χ1n) is 11.8. The highest BCUT2D eigenvalue weighted by Crippen LogP contribution is 2.27. The van der Waals surface area contributed by atoms with Gasteiger partial charge in [0.2, 0.25) is 15.9 Å². The van der Waals surface area contributed by atoms with Gasteiger partial charge in [-0.2, -0.15) is 0 Å². The number of fused-ring (bicyclic) bond motifs is 2. The molecule has 0 fully saturated rings. The van der Waals surface area contributed by atoms with Crippen LogP contribution in [0.4, 0.5) is 0 Å². The van der Waals surface area contributed by atoms with Crippen molar-refractivity contribution in [3.05, 3.63) is 64.3 Å². The Kier molecular flexibility index (Phi) is 6.84. The molecule has 0 radical (unpaired) electrons. The van der Waals surface area contributed by atoms with E-state index in [0.717, 1.165) is 22.0 Å². The summed E-state index contributed by atoms with van der Waals surface area (Å²) in [6.07, 6.45) is 4.77. The molecule has 3 aromatic heterocycles. The predicted molar refractivity (Wildman–Crippen MR) is 137 cm³/mol. The lowest BCUT2D eigenvalue weighted by molar-refractivity contribution is -0.120. The number of rotatable bonds is 9. The average molecular weight is 498 g/mol. The van der Waals surface area contributed by atoms with Gasteiger partial charge in [-0.1, -0.05) is 25.5 Å². The zero-order valence-electron chi connectivity index (χ0n) is 20.5. The van der Waals surface area contributed by atoms with Crippen molar-refractivity contribution in [3.8, 4) is 0 Å². The summed E-state index contributed by atoms with van der Waals surface area (Å²) in [6, 6.07) is 9.24. The Morgan fingerprint density at radius 2 is 1.89 bits per heavy atom. The second kappa shape index (κ2) is 9.69. The lowest BCUT2D eigenvalue weighted by Gasteiger charge is -2.17. The van der Waals surface area contributed by atoms with Crippen LogP contribution in [0, 0.1) is 6.92 Å². The number of imidazole rings is 1. The van der Waals surface area contributed by atoms with Gasteiger partial charge in [-0.15, -0.1) is 0 Å². The summed E-state index contributed by atoms with van der Waals surface area (Å²) < 4.78 is 31.2. The van der Waals surface area contributed by atoms with Crippen LogP contribution in [0.5, 0.6) is 0 Å². The molecule has 4 aromatic rings. The van der Waals surface area contributed by atoms with Gasteiger partial charge in [-0.3, -0.25) is 18.7 Å². The maximum atomic E-state index is 13.8. The van der Waals surface area contributed by atoms with E-state index in [1.165, 1.54) is 6.92 Å². The fraction of sp³-hybridized carbons (Fsp3) is 0.400. The molecule has 0 aliphatic carbocycles. The third-order valence-corrected chi connectivity index (χ3v) is 7.71. The number of carbonyl (C=O) groups is 1. The molecular weight excluding hydrogens is 466 g/mol. The van der Waals surface area contributed by atoms with E-state index in [1.807, 2.05) is 32.3 Å². The number of benzene rings is 1. The van der Waals surface area contributed by atoms with Gasteiger partial charge in [-0.05, 0) is 49.6 Å². The summed E-state index contributed by atoms with van der Waals surface area (Å²) >= 11 is 0. The largest absolute Gasteiger partial charge is 0.350 e. The Balaban J connectivity index is 1.80. The maximum absolute atomic E-state index is 13.8. The van der Waals surface area contributed by atoms with E-state index in [-0.39, 0.29) is 17.9 Å². The zero-order chi connectivity index (χ0) is 25.3. The van der Waals surface area contributed by atoms with E-state index in [0.29, 0.717) is 30.6 Å². The summed E-state index contributed by atoms with van der Waals surface area (Å²) in [4.78, 5) is 30.8. The molecule has 1 N–H and O–H groups in total. The molecular formula is C25H31N5O4S. The normalized spacial score (nSPS) is 12.9. The molecule has 0 bridgehead atoms. The molecule has 1 atom stereocenters. The smallest absolute Gasteiger partial charge is 0.330 e. The zero-order valence-corrected chi connectivity index (χ0v) is 21.3. The SMILES string of the molecule is CCC[C@@H](CC(=O)NS(=O)(=O)CC)n1c(=O)n(Cc2cn(C)c3cccc(C)c23)c2cccnc21. The van der Waals surface area contributed by atoms with Crippen molar-refractivity contribution in [1.82, 2.24) is 23.4 Å². The quantitative estimate of drug-likeness (QED) is 0.382. The van der Waals surface area contributed by atoms with Gasteiger partial charge in [0.05, 0.1) is 17.8 Å². The molecule has 35 heavy (non-hydrogen) atoms. The first-order chi connectivity index (χ1) is 16.7. The summed E-state index contributed by atoms with van der Waals surface area (Å²) in [5.74, 6) is -0.818.